The van der Waals surface area contributed by atoms with Gasteiger partial charge in [-0.3, -0.25) is 0 Å². The second-order valence-corrected chi connectivity index (χ2v) is 5.00. The van der Waals surface area contributed by atoms with E-state index in [4.69, 9.17) is 23.6 Å². The summed E-state index contributed by atoms with van der Waals surface area (Å²) in [4.78, 5) is 0. The minimum atomic E-state index is -4.29. The maximum absolute atomic E-state index is 10.3. The monoisotopic (exact) mass is 243 g/mol. The predicted octanol–water partition coefficient (Wildman–Crippen LogP) is -2.08. The van der Waals surface area contributed by atoms with Crippen LogP contribution in [0.5, 0.6) is 0 Å². The van der Waals surface area contributed by atoms with E-state index in [-0.39, 0.29) is 29.6 Å². The summed E-state index contributed by atoms with van der Waals surface area (Å²) in [5.74, 6) is -0.618. The summed E-state index contributed by atoms with van der Waals surface area (Å²) in [5.41, 5.74) is -1.05. The van der Waals surface area contributed by atoms with Crippen molar-refractivity contribution in [1.29, 1.82) is 0 Å². The van der Waals surface area contributed by atoms with Crippen LogP contribution in [-0.4, -0.2) is 28.2 Å². The molecule has 0 unspecified atom stereocenters. The first-order valence-electron chi connectivity index (χ1n) is 2.70. The van der Waals surface area contributed by atoms with Crippen molar-refractivity contribution in [3.05, 3.63) is 0 Å². The minimum Gasteiger partial charge on any atom is -0.748 e. The van der Waals surface area contributed by atoms with E-state index in [0.29, 0.717) is 3.94 Å². The molecule has 0 heterocycles. The molecule has 0 rings (SSSR count). The molecule has 12 heavy (non-hydrogen) atoms. The smallest absolute Gasteiger partial charge is 0.748 e. The molecule has 4 nitrogen and oxygen atoms in total. The van der Waals surface area contributed by atoms with Crippen LogP contribution >= 0.6 is 23.6 Å². The molecule has 0 bridgehead atoms. The van der Waals surface area contributed by atoms with Gasteiger partial charge in [0.25, 0.3) is 0 Å². The van der Waals surface area contributed by atoms with Crippen LogP contribution in [0, 0.1) is 0 Å². The zero-order chi connectivity index (χ0) is 9.28. The zero-order valence-electron chi connectivity index (χ0n) is 7.04. The fourth-order valence-corrected chi connectivity index (χ4v) is 1.74. The second-order valence-electron chi connectivity index (χ2n) is 2.75. The molecule has 0 aromatic carbocycles. The third-order valence-electron chi connectivity index (χ3n) is 0.988. The Labute approximate surface area is 104 Å². The molecule has 0 atom stereocenters. The van der Waals surface area contributed by atoms with E-state index in [9.17, 15) is 13.0 Å². The summed E-state index contributed by atoms with van der Waals surface area (Å²) in [6.07, 6.45) is 0. The molecular formula is C4H8Cl2NNaO3S. The summed E-state index contributed by atoms with van der Waals surface area (Å²) in [6.45, 7) is 2.89. The molecule has 0 aromatic rings. The molecular weight excluding hydrogens is 236 g/mol. The summed E-state index contributed by atoms with van der Waals surface area (Å²) in [7, 11) is -4.29. The Kier molecular flexibility index (Phi) is 7.10. The van der Waals surface area contributed by atoms with E-state index >= 15 is 0 Å². The molecule has 0 radical (unpaired) electrons. The van der Waals surface area contributed by atoms with Crippen LogP contribution in [0.15, 0.2) is 0 Å². The molecule has 0 saturated carbocycles. The van der Waals surface area contributed by atoms with Crippen molar-refractivity contribution in [3.63, 3.8) is 0 Å². The van der Waals surface area contributed by atoms with Gasteiger partial charge in [0, 0.05) is 0 Å². The van der Waals surface area contributed by atoms with E-state index < -0.39 is 21.4 Å². The number of halogens is 2. The maximum Gasteiger partial charge on any atom is 1.00 e. The molecule has 0 aliphatic heterocycles. The third kappa shape index (κ3) is 6.91. The van der Waals surface area contributed by atoms with E-state index in [1.54, 1.807) is 0 Å². The molecule has 0 aliphatic rings. The van der Waals surface area contributed by atoms with Crippen LogP contribution in [-0.2, 0) is 10.1 Å². The Morgan fingerprint density at radius 2 is 1.75 bits per heavy atom. The van der Waals surface area contributed by atoms with E-state index in [1.807, 2.05) is 0 Å². The molecule has 0 N–H and O–H groups in total. The van der Waals surface area contributed by atoms with Crippen LogP contribution < -0.4 is 29.6 Å². The van der Waals surface area contributed by atoms with Crippen LogP contribution in [0.3, 0.4) is 0 Å². The quantitative estimate of drug-likeness (QED) is 0.325. The molecule has 0 fully saturated rings. The van der Waals surface area contributed by atoms with Crippen molar-refractivity contribution < 1.29 is 42.5 Å². The summed E-state index contributed by atoms with van der Waals surface area (Å²) in [5, 5.41) is 0. The zero-order valence-corrected chi connectivity index (χ0v) is 11.4. The summed E-state index contributed by atoms with van der Waals surface area (Å²) >= 11 is 10.5. The number of hydrogen-bond donors (Lipinski definition) is 0. The van der Waals surface area contributed by atoms with Crippen LogP contribution in [0.25, 0.3) is 0 Å². The standard InChI is InChI=1S/C4H9Cl2NO3S.Na/c1-4(2,7(5)6)3-11(8,9)10;/h3H2,1-2H3,(H,8,9,10);/q;+1/p-1. The van der Waals surface area contributed by atoms with E-state index in [0.717, 1.165) is 0 Å². The van der Waals surface area contributed by atoms with Crippen molar-refractivity contribution in [3.8, 4) is 0 Å². The van der Waals surface area contributed by atoms with Gasteiger partial charge in [-0.15, -0.1) is 3.94 Å². The van der Waals surface area contributed by atoms with Crippen LogP contribution in [0.2, 0.25) is 0 Å². The summed E-state index contributed by atoms with van der Waals surface area (Å²) in [6, 6.07) is 0. The second kappa shape index (κ2) is 5.36. The topological polar surface area (TPSA) is 60.4 Å². The normalized spacial score (nSPS) is 12.8. The van der Waals surface area contributed by atoms with Gasteiger partial charge >= 0.3 is 29.6 Å². The van der Waals surface area contributed by atoms with Gasteiger partial charge in [0.1, 0.15) is 0 Å². The molecule has 0 aliphatic carbocycles. The van der Waals surface area contributed by atoms with E-state index in [2.05, 4.69) is 0 Å². The molecule has 68 valence electrons. The minimum absolute atomic E-state index is 0. The van der Waals surface area contributed by atoms with Gasteiger partial charge in [-0.2, -0.15) is 0 Å². The molecule has 0 spiro atoms. The Morgan fingerprint density at radius 3 is 1.83 bits per heavy atom. The van der Waals surface area contributed by atoms with Crippen molar-refractivity contribution in [2.45, 2.75) is 19.4 Å². The SMILES string of the molecule is CC(C)(CS(=O)(=O)[O-])N(Cl)Cl.[Na+]. The fraction of sp³-hybridized carbons (Fsp3) is 1.00. The van der Waals surface area contributed by atoms with Gasteiger partial charge in [-0.05, 0) is 37.4 Å². The van der Waals surface area contributed by atoms with Gasteiger partial charge in [0.2, 0.25) is 0 Å². The molecule has 0 amide bonds. The van der Waals surface area contributed by atoms with Crippen LogP contribution in [0.4, 0.5) is 0 Å². The number of rotatable bonds is 3. The first-order chi connectivity index (χ1) is 4.65. The number of nitrogens with zero attached hydrogens (tertiary/aromatic N) is 1. The van der Waals surface area contributed by atoms with Crippen molar-refractivity contribution >= 4 is 33.7 Å². The first-order valence-corrected chi connectivity index (χ1v) is 4.96. The van der Waals surface area contributed by atoms with Gasteiger partial charge < -0.3 is 4.55 Å². The van der Waals surface area contributed by atoms with Gasteiger partial charge in [-0.25, -0.2) is 8.42 Å². The molecule has 0 saturated heterocycles. The predicted molar refractivity (Wildman–Crippen MR) is 42.2 cm³/mol. The Bertz CT molecular complexity index is 228. The average Bonchev–Trinajstić information content (AvgIpc) is 1.56. The van der Waals surface area contributed by atoms with Gasteiger partial charge in [0.15, 0.2) is 0 Å². The van der Waals surface area contributed by atoms with Gasteiger partial charge in [0.05, 0.1) is 21.4 Å². The first kappa shape index (κ1) is 15.9. The average molecular weight is 244 g/mol. The van der Waals surface area contributed by atoms with Crippen molar-refractivity contribution in [1.82, 2.24) is 3.94 Å². The van der Waals surface area contributed by atoms with E-state index in [1.165, 1.54) is 13.8 Å². The fourth-order valence-electron chi connectivity index (χ4n) is 0.481. The molecule has 0 aromatic heterocycles. The number of hydrogen-bond acceptors (Lipinski definition) is 4. The molecule has 8 heteroatoms. The Balaban J connectivity index is 0. The summed E-state index contributed by atoms with van der Waals surface area (Å²) < 4.78 is 31.4. The Morgan fingerprint density at radius 1 is 1.42 bits per heavy atom. The van der Waals surface area contributed by atoms with Gasteiger partial charge in [-0.1, -0.05) is 0 Å². The van der Waals surface area contributed by atoms with Crippen molar-refractivity contribution in [2.75, 3.05) is 5.75 Å². The Hall–Kier alpha value is 1.45. The van der Waals surface area contributed by atoms with Crippen LogP contribution in [0.1, 0.15) is 13.8 Å². The maximum atomic E-state index is 10.3. The third-order valence-corrected chi connectivity index (χ3v) is 2.96. The largest absolute Gasteiger partial charge is 1.00 e. The van der Waals surface area contributed by atoms with Crippen molar-refractivity contribution in [2.24, 2.45) is 0 Å².